The van der Waals surface area contributed by atoms with E-state index in [0.29, 0.717) is 22.2 Å². The summed E-state index contributed by atoms with van der Waals surface area (Å²) in [5, 5.41) is 10.5. The Morgan fingerprint density at radius 1 is 1.00 bits per heavy atom. The molecule has 164 valence electrons. The second-order valence-electron chi connectivity index (χ2n) is 7.41. The summed E-state index contributed by atoms with van der Waals surface area (Å²) < 4.78 is 7.13. The first kappa shape index (κ1) is 21.3. The Bertz CT molecular complexity index is 1520. The van der Waals surface area contributed by atoms with Crippen molar-refractivity contribution in [2.75, 3.05) is 5.32 Å². The molecule has 5 rings (SSSR count). The lowest BCUT2D eigenvalue weighted by molar-refractivity contribution is -0.115. The quantitative estimate of drug-likeness (QED) is 0.405. The zero-order chi connectivity index (χ0) is 22.8. The Morgan fingerprint density at radius 2 is 1.72 bits per heavy atom. The predicted octanol–water partition coefficient (Wildman–Crippen LogP) is 5.59. The molecule has 32 heavy (non-hydrogen) atoms. The highest BCUT2D eigenvalue weighted by Crippen LogP contribution is 2.30. The number of amides is 1. The number of nitrogens with one attached hydrogen (secondary N) is 1. The number of rotatable bonds is 3. The summed E-state index contributed by atoms with van der Waals surface area (Å²) >= 11 is 0. The maximum absolute atomic E-state index is 12.8. The van der Waals surface area contributed by atoms with Gasteiger partial charge in [0.25, 0.3) is 5.56 Å². The zero-order valence-corrected chi connectivity index (χ0v) is 18.6. The molecule has 0 aliphatic rings. The van der Waals surface area contributed by atoms with E-state index in [1.165, 1.54) is 4.68 Å². The molecule has 5 aromatic rings. The molecule has 0 aliphatic heterocycles. The summed E-state index contributed by atoms with van der Waals surface area (Å²) in [6.07, 6.45) is 0.0677. The van der Waals surface area contributed by atoms with Gasteiger partial charge in [-0.3, -0.25) is 9.59 Å². The van der Waals surface area contributed by atoms with Crippen LogP contribution in [0, 0.1) is 6.92 Å². The molecule has 2 aromatic heterocycles. The van der Waals surface area contributed by atoms with Crippen molar-refractivity contribution in [1.29, 1.82) is 0 Å². The van der Waals surface area contributed by atoms with Gasteiger partial charge in [-0.2, -0.15) is 5.10 Å². The monoisotopic (exact) mass is 429 g/mol. The van der Waals surface area contributed by atoms with E-state index in [1.807, 2.05) is 81.4 Å². The normalized spacial score (nSPS) is 10.9. The van der Waals surface area contributed by atoms with Crippen LogP contribution in [0.25, 0.3) is 32.7 Å². The van der Waals surface area contributed by atoms with Gasteiger partial charge in [0.05, 0.1) is 17.5 Å². The molecule has 2 heterocycles. The van der Waals surface area contributed by atoms with E-state index in [4.69, 9.17) is 4.42 Å². The molecule has 1 N–H and O–H groups in total. The van der Waals surface area contributed by atoms with Gasteiger partial charge in [-0.25, -0.2) is 4.68 Å². The van der Waals surface area contributed by atoms with Gasteiger partial charge in [-0.05, 0) is 36.8 Å². The van der Waals surface area contributed by atoms with Gasteiger partial charge in [0.2, 0.25) is 5.91 Å². The van der Waals surface area contributed by atoms with Gasteiger partial charge in [-0.1, -0.05) is 50.2 Å². The molecular formula is C26H27N3O3. The summed E-state index contributed by atoms with van der Waals surface area (Å²) in [6, 6.07) is 19.0. The fraction of sp³-hybridized carbons (Fsp3) is 0.192. The summed E-state index contributed by atoms with van der Waals surface area (Å²) in [6.45, 7) is 5.89. The Labute approximate surface area is 186 Å². The lowest BCUT2D eigenvalue weighted by Crippen LogP contribution is -2.24. The fourth-order valence-corrected chi connectivity index (χ4v) is 3.93. The number of anilines is 1. The highest BCUT2D eigenvalue weighted by molar-refractivity contribution is 6.07. The number of carbonyl (C=O) groups is 1. The molecule has 0 saturated carbocycles. The average molecular weight is 430 g/mol. The number of hydrogen-bond acceptors (Lipinski definition) is 4. The lowest BCUT2D eigenvalue weighted by atomic mass is 10.0. The van der Waals surface area contributed by atoms with Gasteiger partial charge in [0.15, 0.2) is 0 Å². The van der Waals surface area contributed by atoms with Crippen molar-refractivity contribution in [3.8, 4) is 0 Å². The van der Waals surface area contributed by atoms with E-state index >= 15 is 0 Å². The van der Waals surface area contributed by atoms with Crippen molar-refractivity contribution >= 4 is 44.3 Å². The van der Waals surface area contributed by atoms with E-state index in [9.17, 15) is 9.59 Å². The van der Waals surface area contributed by atoms with Crippen LogP contribution in [0.5, 0.6) is 0 Å². The van der Waals surface area contributed by atoms with E-state index in [1.54, 1.807) is 7.05 Å². The van der Waals surface area contributed by atoms with Crippen molar-refractivity contribution in [3.63, 3.8) is 0 Å². The molecule has 0 radical (unpaired) electrons. The molecule has 0 unspecified atom stereocenters. The number of aromatic nitrogens is 2. The van der Waals surface area contributed by atoms with E-state index in [-0.39, 0.29) is 19.3 Å². The third-order valence-electron chi connectivity index (χ3n) is 5.35. The Morgan fingerprint density at radius 3 is 2.53 bits per heavy atom. The third-order valence-corrected chi connectivity index (χ3v) is 5.35. The molecule has 6 nitrogen and oxygen atoms in total. The van der Waals surface area contributed by atoms with Crippen LogP contribution in [0.2, 0.25) is 0 Å². The van der Waals surface area contributed by atoms with Gasteiger partial charge in [0.1, 0.15) is 11.2 Å². The molecule has 6 heteroatoms. The maximum Gasteiger partial charge on any atom is 0.274 e. The molecule has 1 amide bonds. The average Bonchev–Trinajstić information content (AvgIpc) is 3.16. The van der Waals surface area contributed by atoms with Crippen LogP contribution in [0.1, 0.15) is 26.5 Å². The first-order valence-electron chi connectivity index (χ1n) is 10.7. The number of hydrogen-bond donors (Lipinski definition) is 1. The summed E-state index contributed by atoms with van der Waals surface area (Å²) in [4.78, 5) is 25.3. The summed E-state index contributed by atoms with van der Waals surface area (Å²) in [5.41, 5.74) is 3.55. The largest absolute Gasteiger partial charge is 0.456 e. The Balaban J connectivity index is 0.000000994. The van der Waals surface area contributed by atoms with Gasteiger partial charge >= 0.3 is 0 Å². The summed E-state index contributed by atoms with van der Waals surface area (Å²) in [7, 11) is 1.60. The van der Waals surface area contributed by atoms with Crippen molar-refractivity contribution in [2.45, 2.75) is 27.2 Å². The van der Waals surface area contributed by atoms with Crippen molar-refractivity contribution in [1.82, 2.24) is 9.78 Å². The minimum absolute atomic E-state index is 0. The predicted molar refractivity (Wildman–Crippen MR) is 131 cm³/mol. The van der Waals surface area contributed by atoms with E-state index in [2.05, 4.69) is 10.4 Å². The molecule has 0 aliphatic carbocycles. The van der Waals surface area contributed by atoms with Crippen molar-refractivity contribution < 1.29 is 10.6 Å². The Hall–Kier alpha value is -3.93. The first-order chi connectivity index (χ1) is 15.5. The molecule has 3 aromatic carbocycles. The smallest absolute Gasteiger partial charge is 0.274 e. The number of furan rings is 1. The standard InChI is InChI=1S/C24H19N3O3.C2H6.H2/c1-14-6-5-8-17-19(26-27(2)24(29)23(14)17)13-22(28)25-15-10-11-21-18(12-15)16-7-3-4-9-20(16)30-21;1-2;/h3-12H,13H2,1-2H3,(H,25,28);1-2H3;1H. The van der Waals surface area contributed by atoms with Crippen LogP contribution >= 0.6 is 0 Å². The van der Waals surface area contributed by atoms with Crippen LogP contribution in [0.4, 0.5) is 5.69 Å². The third kappa shape index (κ3) is 3.75. The van der Waals surface area contributed by atoms with E-state index in [0.717, 1.165) is 27.5 Å². The number of benzene rings is 3. The minimum Gasteiger partial charge on any atom is -0.456 e. The van der Waals surface area contributed by atoms with Crippen molar-refractivity contribution in [3.05, 3.63) is 82.3 Å². The topological polar surface area (TPSA) is 77.1 Å². The van der Waals surface area contributed by atoms with Crippen molar-refractivity contribution in [2.24, 2.45) is 7.05 Å². The van der Waals surface area contributed by atoms with Crippen LogP contribution in [-0.2, 0) is 18.3 Å². The highest BCUT2D eigenvalue weighted by atomic mass is 16.3. The number of nitrogens with zero attached hydrogens (tertiary/aromatic N) is 2. The zero-order valence-electron chi connectivity index (χ0n) is 18.6. The van der Waals surface area contributed by atoms with Gasteiger partial charge in [-0.15, -0.1) is 0 Å². The van der Waals surface area contributed by atoms with Crippen LogP contribution < -0.4 is 10.9 Å². The second kappa shape index (κ2) is 8.67. The van der Waals surface area contributed by atoms with Crippen LogP contribution in [-0.4, -0.2) is 15.7 Å². The molecule has 0 fully saturated rings. The minimum atomic E-state index is -0.198. The highest BCUT2D eigenvalue weighted by Gasteiger charge is 2.15. The number of para-hydroxylation sites is 1. The van der Waals surface area contributed by atoms with Crippen LogP contribution in [0.15, 0.2) is 69.9 Å². The molecule has 0 saturated heterocycles. The Kier molecular flexibility index (Phi) is 5.77. The fourth-order valence-electron chi connectivity index (χ4n) is 3.93. The van der Waals surface area contributed by atoms with Crippen LogP contribution in [0.3, 0.4) is 0 Å². The van der Waals surface area contributed by atoms with E-state index < -0.39 is 0 Å². The second-order valence-corrected chi connectivity index (χ2v) is 7.41. The molecule has 0 spiro atoms. The van der Waals surface area contributed by atoms with Gasteiger partial charge in [0, 0.05) is 30.3 Å². The van der Waals surface area contributed by atoms with Gasteiger partial charge < -0.3 is 9.73 Å². The number of aryl methyl sites for hydroxylation is 2. The number of fused-ring (bicyclic) bond motifs is 4. The molecular weight excluding hydrogens is 402 g/mol. The summed E-state index contributed by atoms with van der Waals surface area (Å²) in [5.74, 6) is -0.198. The lowest BCUT2D eigenvalue weighted by Gasteiger charge is -2.10. The number of carbonyl (C=O) groups excluding carboxylic acids is 1. The first-order valence-corrected chi connectivity index (χ1v) is 10.7. The SMILES string of the molecule is CC.Cc1cccc2c(CC(=O)Nc3ccc4oc5ccccc5c4c3)nn(C)c(=O)c12.[HH]. The molecule has 0 atom stereocenters. The maximum atomic E-state index is 12.8. The molecule has 0 bridgehead atoms.